The van der Waals surface area contributed by atoms with Gasteiger partial charge in [-0.15, -0.1) is 5.10 Å². The van der Waals surface area contributed by atoms with Gasteiger partial charge in [-0.05, 0) is 44.3 Å². The summed E-state index contributed by atoms with van der Waals surface area (Å²) in [6.07, 6.45) is 2.21. The maximum absolute atomic E-state index is 12.7. The molecule has 0 spiro atoms. The highest BCUT2D eigenvalue weighted by molar-refractivity contribution is 7.98. The molecular formula is C22H30N6OS. The number of benzene rings is 1. The van der Waals surface area contributed by atoms with Gasteiger partial charge in [0.15, 0.2) is 0 Å². The normalized spacial score (nSPS) is 11.4. The molecule has 1 aromatic carbocycles. The van der Waals surface area contributed by atoms with Gasteiger partial charge in [-0.25, -0.2) is 9.50 Å². The molecule has 0 atom stereocenters. The van der Waals surface area contributed by atoms with Crippen molar-refractivity contribution in [1.82, 2.24) is 29.8 Å². The molecule has 0 radical (unpaired) electrons. The quantitative estimate of drug-likeness (QED) is 0.530. The Hall–Kier alpha value is -2.45. The van der Waals surface area contributed by atoms with E-state index in [0.29, 0.717) is 17.5 Å². The Labute approximate surface area is 182 Å². The van der Waals surface area contributed by atoms with Gasteiger partial charge in [-0.3, -0.25) is 9.69 Å². The maximum Gasteiger partial charge on any atom is 0.253 e. The molecular weight excluding hydrogens is 396 g/mol. The van der Waals surface area contributed by atoms with Crippen LogP contribution in [0.4, 0.5) is 0 Å². The molecule has 8 heteroatoms. The van der Waals surface area contributed by atoms with Crippen molar-refractivity contribution in [2.75, 3.05) is 19.3 Å². The van der Waals surface area contributed by atoms with E-state index in [2.05, 4.69) is 57.3 Å². The second-order valence-corrected chi connectivity index (χ2v) is 8.03. The molecule has 0 aliphatic rings. The molecule has 3 aromatic rings. The lowest BCUT2D eigenvalue weighted by molar-refractivity contribution is -0.120. The summed E-state index contributed by atoms with van der Waals surface area (Å²) in [6, 6.07) is 8.30. The van der Waals surface area contributed by atoms with Crippen LogP contribution < -0.4 is 5.32 Å². The number of carbonyl (C=O) groups is 1. The molecule has 1 amide bonds. The monoisotopic (exact) mass is 426 g/mol. The average Bonchev–Trinajstić information content (AvgIpc) is 3.17. The van der Waals surface area contributed by atoms with E-state index in [4.69, 9.17) is 0 Å². The molecule has 3 rings (SSSR count). The number of fused-ring (bicyclic) bond motifs is 1. The van der Waals surface area contributed by atoms with Crippen molar-refractivity contribution < 1.29 is 4.79 Å². The molecule has 2 aromatic heterocycles. The van der Waals surface area contributed by atoms with Gasteiger partial charge in [0.25, 0.3) is 5.78 Å². The number of aryl methyl sites for hydroxylation is 2. The highest BCUT2D eigenvalue weighted by Gasteiger charge is 2.16. The van der Waals surface area contributed by atoms with Gasteiger partial charge < -0.3 is 5.32 Å². The van der Waals surface area contributed by atoms with E-state index < -0.39 is 0 Å². The van der Waals surface area contributed by atoms with E-state index in [9.17, 15) is 4.79 Å². The first-order valence-electron chi connectivity index (χ1n) is 10.3. The van der Waals surface area contributed by atoms with Crippen LogP contribution in [0, 0.1) is 13.8 Å². The number of nitrogens with zero attached hydrogens (tertiary/aromatic N) is 5. The Morgan fingerprint density at radius 1 is 1.13 bits per heavy atom. The SMILES string of the molecule is CCN(CC)Cc1ccccc1CNC(=O)Cc1c(C)nc2nc(SC)nn2c1C. The van der Waals surface area contributed by atoms with Crippen molar-refractivity contribution in [1.29, 1.82) is 0 Å². The minimum atomic E-state index is -0.0230. The number of amides is 1. The molecule has 160 valence electrons. The van der Waals surface area contributed by atoms with E-state index in [1.165, 1.54) is 17.3 Å². The van der Waals surface area contributed by atoms with Crippen molar-refractivity contribution in [2.45, 2.75) is 52.4 Å². The smallest absolute Gasteiger partial charge is 0.253 e. The topological polar surface area (TPSA) is 75.4 Å². The van der Waals surface area contributed by atoms with Crippen molar-refractivity contribution >= 4 is 23.4 Å². The Morgan fingerprint density at radius 2 is 1.83 bits per heavy atom. The van der Waals surface area contributed by atoms with Crippen LogP contribution in [0.3, 0.4) is 0 Å². The van der Waals surface area contributed by atoms with Gasteiger partial charge in [-0.2, -0.15) is 4.98 Å². The number of carbonyl (C=O) groups excluding carboxylic acids is 1. The summed E-state index contributed by atoms with van der Waals surface area (Å²) in [5, 5.41) is 8.22. The predicted molar refractivity (Wildman–Crippen MR) is 121 cm³/mol. The van der Waals surface area contributed by atoms with Crippen molar-refractivity contribution in [2.24, 2.45) is 0 Å². The summed E-state index contributed by atoms with van der Waals surface area (Å²) in [4.78, 5) is 24.0. The molecule has 1 N–H and O–H groups in total. The third kappa shape index (κ3) is 4.99. The third-order valence-electron chi connectivity index (χ3n) is 5.43. The Bertz CT molecular complexity index is 1030. The second kappa shape index (κ2) is 10.0. The highest BCUT2D eigenvalue weighted by atomic mass is 32.2. The van der Waals surface area contributed by atoms with E-state index >= 15 is 0 Å². The van der Waals surface area contributed by atoms with Crippen LogP contribution in [0.1, 0.15) is 41.9 Å². The molecule has 0 aliphatic carbocycles. The van der Waals surface area contributed by atoms with Gasteiger partial charge in [0.1, 0.15) is 0 Å². The van der Waals surface area contributed by atoms with Crippen LogP contribution in [0.25, 0.3) is 5.78 Å². The van der Waals surface area contributed by atoms with Gasteiger partial charge in [0.05, 0.1) is 6.42 Å². The lowest BCUT2D eigenvalue weighted by Gasteiger charge is -2.20. The molecule has 0 unspecified atom stereocenters. The van der Waals surface area contributed by atoms with Crippen LogP contribution in [0.5, 0.6) is 0 Å². The zero-order valence-corrected chi connectivity index (χ0v) is 19.2. The van der Waals surface area contributed by atoms with Gasteiger partial charge in [-0.1, -0.05) is 49.9 Å². The zero-order chi connectivity index (χ0) is 21.7. The molecule has 0 fully saturated rings. The summed E-state index contributed by atoms with van der Waals surface area (Å²) in [7, 11) is 0. The summed E-state index contributed by atoms with van der Waals surface area (Å²) in [5.41, 5.74) is 5.03. The molecule has 0 aliphatic heterocycles. The molecule has 2 heterocycles. The molecule has 0 bridgehead atoms. The summed E-state index contributed by atoms with van der Waals surface area (Å²) in [5.74, 6) is 0.550. The Balaban J connectivity index is 1.71. The van der Waals surface area contributed by atoms with Gasteiger partial charge in [0, 0.05) is 30.0 Å². The Morgan fingerprint density at radius 3 is 2.50 bits per heavy atom. The van der Waals surface area contributed by atoms with Crippen LogP contribution in [-0.4, -0.2) is 49.7 Å². The first-order valence-corrected chi connectivity index (χ1v) is 11.5. The predicted octanol–water partition coefficient (Wildman–Crippen LogP) is 3.16. The fourth-order valence-electron chi connectivity index (χ4n) is 3.52. The number of thioether (sulfide) groups is 1. The molecule has 0 saturated carbocycles. The standard InChI is InChI=1S/C22H30N6OS/c1-6-27(7-2)14-18-11-9-8-10-17(18)13-23-20(29)12-19-15(3)24-21-25-22(30-5)26-28(21)16(19)4/h8-11H,6-7,12-14H2,1-5H3,(H,23,29). The lowest BCUT2D eigenvalue weighted by atomic mass is 10.1. The van der Waals surface area contributed by atoms with Crippen molar-refractivity contribution in [3.05, 3.63) is 52.3 Å². The van der Waals surface area contributed by atoms with Crippen LogP contribution in [-0.2, 0) is 24.3 Å². The average molecular weight is 427 g/mol. The van der Waals surface area contributed by atoms with Crippen LogP contribution in [0.2, 0.25) is 0 Å². The van der Waals surface area contributed by atoms with E-state index in [1.807, 2.05) is 26.2 Å². The Kier molecular flexibility index (Phi) is 7.44. The van der Waals surface area contributed by atoms with Crippen molar-refractivity contribution in [3.8, 4) is 0 Å². The lowest BCUT2D eigenvalue weighted by Crippen LogP contribution is -2.27. The van der Waals surface area contributed by atoms with Crippen molar-refractivity contribution in [3.63, 3.8) is 0 Å². The van der Waals surface area contributed by atoms with E-state index in [0.717, 1.165) is 42.1 Å². The van der Waals surface area contributed by atoms with Gasteiger partial charge in [0.2, 0.25) is 11.1 Å². The summed E-state index contributed by atoms with van der Waals surface area (Å²) >= 11 is 1.48. The van der Waals surface area contributed by atoms with Gasteiger partial charge >= 0.3 is 0 Å². The maximum atomic E-state index is 12.7. The largest absolute Gasteiger partial charge is 0.352 e. The molecule has 30 heavy (non-hydrogen) atoms. The highest BCUT2D eigenvalue weighted by Crippen LogP contribution is 2.17. The van der Waals surface area contributed by atoms with E-state index in [1.54, 1.807) is 4.52 Å². The number of hydrogen-bond donors (Lipinski definition) is 1. The van der Waals surface area contributed by atoms with E-state index in [-0.39, 0.29) is 12.3 Å². The number of rotatable bonds is 9. The fourth-order valence-corrected chi connectivity index (χ4v) is 3.86. The first-order chi connectivity index (χ1) is 14.5. The third-order valence-corrected chi connectivity index (χ3v) is 5.97. The van der Waals surface area contributed by atoms with Crippen LogP contribution >= 0.6 is 11.8 Å². The summed E-state index contributed by atoms with van der Waals surface area (Å²) in [6.45, 7) is 11.6. The minimum absolute atomic E-state index is 0.0230. The molecule has 7 nitrogen and oxygen atoms in total. The zero-order valence-electron chi connectivity index (χ0n) is 18.4. The summed E-state index contributed by atoms with van der Waals surface area (Å²) < 4.78 is 1.72. The molecule has 0 saturated heterocycles. The second-order valence-electron chi connectivity index (χ2n) is 7.26. The fraction of sp³-hybridized carbons (Fsp3) is 0.455. The minimum Gasteiger partial charge on any atom is -0.352 e. The van der Waals surface area contributed by atoms with Crippen LogP contribution in [0.15, 0.2) is 29.4 Å². The number of aromatic nitrogens is 4. The first kappa shape index (κ1) is 22.2. The number of nitrogens with one attached hydrogen (secondary N) is 1. The number of hydrogen-bond acceptors (Lipinski definition) is 6.